The number of carbonyl (C=O) groups excluding carboxylic acids is 2. The van der Waals surface area contributed by atoms with Gasteiger partial charge in [0.05, 0.1) is 13.1 Å². The molecule has 0 saturated carbocycles. The fourth-order valence-corrected chi connectivity index (χ4v) is 2.14. The zero-order chi connectivity index (χ0) is 15.4. The Hall–Kier alpha value is -1.62. The summed E-state index contributed by atoms with van der Waals surface area (Å²) in [6.45, 7) is 8.22. The Morgan fingerprint density at radius 3 is 2.35 bits per heavy atom. The third kappa shape index (κ3) is 4.20. The van der Waals surface area contributed by atoms with Gasteiger partial charge >= 0.3 is 0 Å². The summed E-state index contributed by atoms with van der Waals surface area (Å²) in [6, 6.07) is 2.02. The molecule has 1 rings (SSSR count). The molecule has 0 saturated heterocycles. The number of Topliss-reactive ketones (excluding diaryl/α,β-unsaturated/α-hetero) is 1. The van der Waals surface area contributed by atoms with E-state index >= 15 is 0 Å². The molecular weight excluding hydrogens is 254 g/mol. The molecule has 0 spiro atoms. The Balaban J connectivity index is 2.62. The largest absolute Gasteiger partial charge is 0.353 e. The average Bonchev–Trinajstić information content (AvgIpc) is 2.55. The van der Waals surface area contributed by atoms with Crippen molar-refractivity contribution in [3.63, 3.8) is 0 Å². The van der Waals surface area contributed by atoms with E-state index in [2.05, 4.69) is 5.32 Å². The molecule has 20 heavy (non-hydrogen) atoms. The zero-order valence-corrected chi connectivity index (χ0v) is 13.3. The molecule has 1 amide bonds. The van der Waals surface area contributed by atoms with Gasteiger partial charge in [-0.15, -0.1) is 0 Å². The summed E-state index contributed by atoms with van der Waals surface area (Å²) < 4.78 is 2.00. The summed E-state index contributed by atoms with van der Waals surface area (Å²) in [5, 5.41) is 2.82. The number of nitrogens with one attached hydrogen (secondary N) is 1. The molecule has 5 nitrogen and oxygen atoms in total. The number of likely N-dealkylation sites (N-methyl/N-ethyl adjacent to an activating group) is 1. The van der Waals surface area contributed by atoms with Gasteiger partial charge in [-0.2, -0.15) is 0 Å². The van der Waals surface area contributed by atoms with Crippen LogP contribution in [0.4, 0.5) is 0 Å². The number of aromatic nitrogens is 1. The molecule has 1 heterocycles. The lowest BCUT2D eigenvalue weighted by Gasteiger charge is -2.16. The monoisotopic (exact) mass is 279 g/mol. The molecule has 1 aromatic heterocycles. The topological polar surface area (TPSA) is 54.3 Å². The highest BCUT2D eigenvalue weighted by Crippen LogP contribution is 2.14. The van der Waals surface area contributed by atoms with Crippen molar-refractivity contribution in [2.24, 2.45) is 7.05 Å². The molecule has 0 aliphatic carbocycles. The van der Waals surface area contributed by atoms with Crippen molar-refractivity contribution in [1.82, 2.24) is 14.8 Å². The van der Waals surface area contributed by atoms with Crippen LogP contribution in [-0.4, -0.2) is 47.3 Å². The molecule has 5 heteroatoms. The summed E-state index contributed by atoms with van der Waals surface area (Å²) >= 11 is 0. The quantitative estimate of drug-likeness (QED) is 0.798. The van der Waals surface area contributed by atoms with Gasteiger partial charge in [-0.25, -0.2) is 0 Å². The number of hydrogen-bond donors (Lipinski definition) is 1. The number of amides is 1. The summed E-state index contributed by atoms with van der Waals surface area (Å²) in [5.41, 5.74) is 2.76. The summed E-state index contributed by atoms with van der Waals surface area (Å²) in [6.07, 6.45) is 0. The van der Waals surface area contributed by atoms with Crippen LogP contribution in [0.15, 0.2) is 6.07 Å². The molecule has 1 N–H and O–H groups in total. The number of rotatable bonds is 6. The van der Waals surface area contributed by atoms with Gasteiger partial charge in [0.25, 0.3) is 0 Å². The van der Waals surface area contributed by atoms with Gasteiger partial charge in [-0.1, -0.05) is 0 Å². The minimum atomic E-state index is -0.0590. The Morgan fingerprint density at radius 2 is 1.90 bits per heavy atom. The summed E-state index contributed by atoms with van der Waals surface area (Å²) in [7, 11) is 3.73. The predicted octanol–water partition coefficient (Wildman–Crippen LogP) is 1.28. The van der Waals surface area contributed by atoms with E-state index in [9.17, 15) is 9.59 Å². The minimum absolute atomic E-state index is 0.0473. The zero-order valence-electron chi connectivity index (χ0n) is 13.3. The second-order valence-corrected chi connectivity index (χ2v) is 5.66. The molecule has 0 bridgehead atoms. The van der Waals surface area contributed by atoms with E-state index in [1.54, 1.807) is 11.9 Å². The van der Waals surface area contributed by atoms with Crippen LogP contribution in [0.5, 0.6) is 0 Å². The highest BCUT2D eigenvalue weighted by molar-refractivity contribution is 5.99. The lowest BCUT2D eigenvalue weighted by Crippen LogP contribution is -2.40. The molecule has 0 aliphatic heterocycles. The van der Waals surface area contributed by atoms with Crippen molar-refractivity contribution in [1.29, 1.82) is 0 Å². The van der Waals surface area contributed by atoms with Crippen LogP contribution in [0.2, 0.25) is 0 Å². The van der Waals surface area contributed by atoms with E-state index in [0.29, 0.717) is 0 Å². The van der Waals surface area contributed by atoms with Crippen molar-refractivity contribution < 1.29 is 9.59 Å². The summed E-state index contributed by atoms with van der Waals surface area (Å²) in [5.74, 6) is -0.0117. The number of hydrogen-bond acceptors (Lipinski definition) is 3. The molecule has 0 unspecified atom stereocenters. The Kier molecular flexibility index (Phi) is 5.51. The molecule has 0 aliphatic rings. The van der Waals surface area contributed by atoms with E-state index in [1.165, 1.54) is 0 Å². The van der Waals surface area contributed by atoms with Crippen molar-refractivity contribution in [3.05, 3.63) is 23.0 Å². The van der Waals surface area contributed by atoms with E-state index in [0.717, 1.165) is 17.0 Å². The van der Waals surface area contributed by atoms with Gasteiger partial charge in [-0.3, -0.25) is 14.5 Å². The number of nitrogens with zero attached hydrogens (tertiary/aromatic N) is 2. The van der Waals surface area contributed by atoms with Gasteiger partial charge in [0, 0.05) is 30.0 Å². The van der Waals surface area contributed by atoms with Crippen molar-refractivity contribution >= 4 is 11.7 Å². The maximum absolute atomic E-state index is 12.3. The molecule has 0 radical (unpaired) electrons. The molecule has 0 aromatic carbocycles. The molecular formula is C15H25N3O2. The standard InChI is InChI=1S/C15H25N3O2/c1-10(2)16-15(20)9-17(5)8-14(19)13-7-11(3)18(6)12(13)4/h7,10H,8-9H2,1-6H3,(H,16,20). The van der Waals surface area contributed by atoms with Crippen LogP contribution in [0.3, 0.4) is 0 Å². The van der Waals surface area contributed by atoms with E-state index in [1.807, 2.05) is 45.4 Å². The van der Waals surface area contributed by atoms with Crippen molar-refractivity contribution in [2.75, 3.05) is 20.1 Å². The van der Waals surface area contributed by atoms with Gasteiger partial charge in [-0.05, 0) is 40.8 Å². The average molecular weight is 279 g/mol. The second kappa shape index (κ2) is 6.70. The number of carbonyl (C=O) groups is 2. The SMILES string of the molecule is Cc1cc(C(=O)CN(C)CC(=O)NC(C)C)c(C)n1C. The third-order valence-electron chi connectivity index (χ3n) is 3.35. The lowest BCUT2D eigenvalue weighted by molar-refractivity contribution is -0.122. The van der Waals surface area contributed by atoms with Gasteiger partial charge in [0.1, 0.15) is 0 Å². The van der Waals surface area contributed by atoms with Gasteiger partial charge < -0.3 is 9.88 Å². The molecule has 0 atom stereocenters. The fraction of sp³-hybridized carbons (Fsp3) is 0.600. The van der Waals surface area contributed by atoms with Gasteiger partial charge in [0.15, 0.2) is 5.78 Å². The first-order chi connectivity index (χ1) is 9.22. The third-order valence-corrected chi connectivity index (χ3v) is 3.35. The minimum Gasteiger partial charge on any atom is -0.353 e. The molecule has 112 valence electrons. The highest BCUT2D eigenvalue weighted by Gasteiger charge is 2.17. The Bertz CT molecular complexity index is 503. The van der Waals surface area contributed by atoms with Crippen LogP contribution in [0, 0.1) is 13.8 Å². The van der Waals surface area contributed by atoms with Gasteiger partial charge in [0.2, 0.25) is 5.91 Å². The normalized spacial score (nSPS) is 11.2. The van der Waals surface area contributed by atoms with Crippen LogP contribution in [0.1, 0.15) is 35.6 Å². The lowest BCUT2D eigenvalue weighted by atomic mass is 10.1. The molecule has 1 aromatic rings. The smallest absolute Gasteiger partial charge is 0.234 e. The summed E-state index contributed by atoms with van der Waals surface area (Å²) in [4.78, 5) is 25.6. The maximum atomic E-state index is 12.3. The van der Waals surface area contributed by atoms with Crippen LogP contribution in [0.25, 0.3) is 0 Å². The predicted molar refractivity (Wildman–Crippen MR) is 80.0 cm³/mol. The fourth-order valence-electron chi connectivity index (χ4n) is 2.14. The first kappa shape index (κ1) is 16.4. The van der Waals surface area contributed by atoms with Crippen LogP contribution in [-0.2, 0) is 11.8 Å². The highest BCUT2D eigenvalue weighted by atomic mass is 16.2. The molecule has 0 fully saturated rings. The first-order valence-corrected chi connectivity index (χ1v) is 6.86. The number of aryl methyl sites for hydroxylation is 1. The maximum Gasteiger partial charge on any atom is 0.234 e. The van der Waals surface area contributed by atoms with E-state index in [-0.39, 0.29) is 30.8 Å². The van der Waals surface area contributed by atoms with Crippen molar-refractivity contribution in [2.45, 2.75) is 33.7 Å². The van der Waals surface area contributed by atoms with Crippen LogP contribution >= 0.6 is 0 Å². The Labute approximate surface area is 120 Å². The van der Waals surface area contributed by atoms with Crippen molar-refractivity contribution in [3.8, 4) is 0 Å². The first-order valence-electron chi connectivity index (χ1n) is 6.86. The number of ketones is 1. The van der Waals surface area contributed by atoms with Crippen LogP contribution < -0.4 is 5.32 Å². The van der Waals surface area contributed by atoms with E-state index < -0.39 is 0 Å². The Morgan fingerprint density at radius 1 is 1.30 bits per heavy atom. The van der Waals surface area contributed by atoms with E-state index in [4.69, 9.17) is 0 Å². The second-order valence-electron chi connectivity index (χ2n) is 5.66.